The largest absolute Gasteiger partial charge is 0.506 e. The van der Waals surface area contributed by atoms with E-state index in [4.69, 9.17) is 16.0 Å². The molecule has 0 radical (unpaired) electrons. The van der Waals surface area contributed by atoms with Crippen LogP contribution in [0.4, 0.5) is 11.4 Å². The van der Waals surface area contributed by atoms with Crippen molar-refractivity contribution in [3.63, 3.8) is 0 Å². The molecule has 0 saturated carbocycles. The van der Waals surface area contributed by atoms with Crippen molar-refractivity contribution in [1.82, 2.24) is 0 Å². The number of fused-ring (bicyclic) bond motifs is 2. The van der Waals surface area contributed by atoms with Gasteiger partial charge in [0, 0.05) is 22.2 Å². The lowest BCUT2D eigenvalue weighted by atomic mass is 10.1. The Balaban J connectivity index is 0.000000167. The highest BCUT2D eigenvalue weighted by atomic mass is 32.2. The molecule has 4 aromatic carbocycles. The standard InChI is InChI=1S/C10H9NO4S.C10H9NO/c11-10-7-4-2-1-3-6(7)9(5-8(10)12)16(13,14)15;11-9-6-5-7-3-1-2-4-8(7)10(9)12/h1-5,12H,11H2,(H,13,14,15);1-6,12H,11H2. The number of nitrogen functional groups attached to an aromatic ring is 2. The molecule has 0 aromatic heterocycles. The lowest BCUT2D eigenvalue weighted by Crippen LogP contribution is -2.00. The van der Waals surface area contributed by atoms with Crippen molar-refractivity contribution in [3.8, 4) is 11.5 Å². The number of rotatable bonds is 1. The zero-order valence-corrected chi connectivity index (χ0v) is 15.4. The highest BCUT2D eigenvalue weighted by molar-refractivity contribution is 7.86. The number of benzene rings is 4. The molecule has 0 aliphatic heterocycles. The smallest absolute Gasteiger partial charge is 0.295 e. The van der Waals surface area contributed by atoms with E-state index >= 15 is 0 Å². The third-order valence-corrected chi connectivity index (χ3v) is 5.13. The van der Waals surface area contributed by atoms with Gasteiger partial charge in [0.15, 0.2) is 0 Å². The van der Waals surface area contributed by atoms with E-state index in [1.54, 1.807) is 24.3 Å². The molecule has 4 aromatic rings. The summed E-state index contributed by atoms with van der Waals surface area (Å²) in [7, 11) is -4.38. The summed E-state index contributed by atoms with van der Waals surface area (Å²) in [6.45, 7) is 0. The second kappa shape index (κ2) is 7.26. The normalized spacial score (nSPS) is 11.2. The molecule has 144 valence electrons. The Bertz CT molecular complexity index is 1290. The summed E-state index contributed by atoms with van der Waals surface area (Å²) in [5, 5.41) is 21.5. The summed E-state index contributed by atoms with van der Waals surface area (Å²) in [4.78, 5) is -0.352. The summed E-state index contributed by atoms with van der Waals surface area (Å²) in [5.74, 6) is -0.195. The molecule has 0 amide bonds. The summed E-state index contributed by atoms with van der Waals surface area (Å²) < 4.78 is 31.3. The maximum absolute atomic E-state index is 11.1. The number of phenolic OH excluding ortho intramolecular Hbond substituents is 2. The van der Waals surface area contributed by atoms with Crippen molar-refractivity contribution < 1.29 is 23.2 Å². The third-order valence-electron chi connectivity index (χ3n) is 4.24. The van der Waals surface area contributed by atoms with Gasteiger partial charge in [-0.3, -0.25) is 4.55 Å². The minimum atomic E-state index is -4.38. The first-order chi connectivity index (χ1) is 13.2. The Kier molecular flexibility index (Phi) is 5.00. The number of hydrogen-bond donors (Lipinski definition) is 5. The molecule has 0 aliphatic carbocycles. The maximum Gasteiger partial charge on any atom is 0.295 e. The SMILES string of the molecule is Nc1c(O)cc(S(=O)(=O)O)c2ccccc12.Nc1ccc2ccccc2c1O. The molecule has 28 heavy (non-hydrogen) atoms. The Morgan fingerprint density at radius 2 is 1.32 bits per heavy atom. The van der Waals surface area contributed by atoms with Gasteiger partial charge in [0.1, 0.15) is 16.4 Å². The van der Waals surface area contributed by atoms with Gasteiger partial charge < -0.3 is 21.7 Å². The van der Waals surface area contributed by atoms with Gasteiger partial charge in [-0.05, 0) is 11.5 Å². The molecule has 0 saturated heterocycles. The molecule has 0 aliphatic rings. The molecule has 4 rings (SSSR count). The summed E-state index contributed by atoms with van der Waals surface area (Å²) in [6.07, 6.45) is 0. The van der Waals surface area contributed by atoms with Crippen LogP contribution >= 0.6 is 0 Å². The van der Waals surface area contributed by atoms with Gasteiger partial charge >= 0.3 is 0 Å². The predicted molar refractivity (Wildman–Crippen MR) is 110 cm³/mol. The van der Waals surface area contributed by atoms with Crippen LogP contribution in [0.2, 0.25) is 0 Å². The molecule has 7 nitrogen and oxygen atoms in total. The van der Waals surface area contributed by atoms with Gasteiger partial charge in [-0.1, -0.05) is 54.6 Å². The number of nitrogens with two attached hydrogens (primary N) is 2. The zero-order chi connectivity index (χ0) is 20.5. The molecule has 8 heteroatoms. The predicted octanol–water partition coefficient (Wildman–Crippen LogP) is 3.50. The van der Waals surface area contributed by atoms with Crippen LogP contribution in [0, 0.1) is 0 Å². The van der Waals surface area contributed by atoms with Crippen molar-refractivity contribution >= 4 is 43.0 Å². The Morgan fingerprint density at radius 1 is 0.750 bits per heavy atom. The summed E-state index contributed by atoms with van der Waals surface area (Å²) in [6, 6.07) is 18.5. The fourth-order valence-electron chi connectivity index (χ4n) is 2.84. The molecule has 0 spiro atoms. The monoisotopic (exact) mass is 398 g/mol. The minimum absolute atomic E-state index is 0.0861. The van der Waals surface area contributed by atoms with Gasteiger partial charge in [-0.15, -0.1) is 0 Å². The fraction of sp³-hybridized carbons (Fsp3) is 0. The average molecular weight is 398 g/mol. The summed E-state index contributed by atoms with van der Waals surface area (Å²) in [5.41, 5.74) is 11.7. The zero-order valence-electron chi connectivity index (χ0n) is 14.6. The van der Waals surface area contributed by atoms with E-state index in [0.29, 0.717) is 11.1 Å². The van der Waals surface area contributed by atoms with Crippen molar-refractivity contribution in [2.45, 2.75) is 4.90 Å². The van der Waals surface area contributed by atoms with Crippen molar-refractivity contribution in [3.05, 3.63) is 66.7 Å². The Labute approximate surface area is 161 Å². The number of aromatic hydroxyl groups is 2. The fourth-order valence-corrected chi connectivity index (χ4v) is 3.55. The average Bonchev–Trinajstić information content (AvgIpc) is 2.67. The van der Waals surface area contributed by atoms with E-state index in [2.05, 4.69) is 0 Å². The third kappa shape index (κ3) is 3.64. The first kappa shape index (κ1) is 19.3. The van der Waals surface area contributed by atoms with Gasteiger partial charge in [0.2, 0.25) is 0 Å². The van der Waals surface area contributed by atoms with E-state index in [1.165, 1.54) is 6.07 Å². The van der Waals surface area contributed by atoms with Gasteiger partial charge in [0.25, 0.3) is 10.1 Å². The van der Waals surface area contributed by atoms with Gasteiger partial charge in [-0.25, -0.2) is 0 Å². The van der Waals surface area contributed by atoms with E-state index < -0.39 is 10.1 Å². The number of hydrogen-bond acceptors (Lipinski definition) is 6. The minimum Gasteiger partial charge on any atom is -0.506 e. The van der Waals surface area contributed by atoms with Crippen LogP contribution in [-0.2, 0) is 10.1 Å². The number of phenols is 2. The molecule has 7 N–H and O–H groups in total. The van der Waals surface area contributed by atoms with Crippen molar-refractivity contribution in [2.24, 2.45) is 0 Å². The first-order valence-electron chi connectivity index (χ1n) is 8.14. The van der Waals surface area contributed by atoms with Crippen LogP contribution in [-0.4, -0.2) is 23.2 Å². The van der Waals surface area contributed by atoms with Crippen LogP contribution in [0.25, 0.3) is 21.5 Å². The lowest BCUT2D eigenvalue weighted by Gasteiger charge is -2.08. The molecule has 0 atom stereocenters. The highest BCUT2D eigenvalue weighted by Crippen LogP contribution is 2.34. The maximum atomic E-state index is 11.1. The molecule has 0 heterocycles. The second-order valence-corrected chi connectivity index (χ2v) is 7.44. The highest BCUT2D eigenvalue weighted by Gasteiger charge is 2.17. The van der Waals surface area contributed by atoms with Crippen LogP contribution in [0.3, 0.4) is 0 Å². The van der Waals surface area contributed by atoms with Gasteiger partial charge in [0.05, 0.1) is 11.4 Å². The van der Waals surface area contributed by atoms with Crippen LogP contribution in [0.5, 0.6) is 11.5 Å². The second-order valence-electron chi connectivity index (χ2n) is 6.05. The molecule has 0 unspecified atom stereocenters. The number of anilines is 2. The lowest BCUT2D eigenvalue weighted by molar-refractivity contribution is 0.469. The topological polar surface area (TPSA) is 147 Å². The van der Waals surface area contributed by atoms with Crippen molar-refractivity contribution in [1.29, 1.82) is 0 Å². The van der Waals surface area contributed by atoms with Gasteiger partial charge in [-0.2, -0.15) is 8.42 Å². The quantitative estimate of drug-likeness (QED) is 0.187. The Hall–Kier alpha value is -3.49. The summed E-state index contributed by atoms with van der Waals surface area (Å²) >= 11 is 0. The first-order valence-corrected chi connectivity index (χ1v) is 9.58. The molecule has 0 fully saturated rings. The van der Waals surface area contributed by atoms with Crippen LogP contribution in [0.15, 0.2) is 71.6 Å². The van der Waals surface area contributed by atoms with Crippen LogP contribution in [0.1, 0.15) is 0 Å². The molecule has 0 bridgehead atoms. The Morgan fingerprint density at radius 3 is 1.96 bits per heavy atom. The van der Waals surface area contributed by atoms with Crippen LogP contribution < -0.4 is 11.5 Å². The van der Waals surface area contributed by atoms with E-state index in [1.807, 2.05) is 30.3 Å². The van der Waals surface area contributed by atoms with E-state index in [0.717, 1.165) is 16.8 Å². The van der Waals surface area contributed by atoms with E-state index in [9.17, 15) is 18.6 Å². The van der Waals surface area contributed by atoms with Crippen molar-refractivity contribution in [2.75, 3.05) is 11.5 Å². The van der Waals surface area contributed by atoms with E-state index in [-0.39, 0.29) is 27.5 Å². The molecular weight excluding hydrogens is 380 g/mol. The molecular formula is C20H18N2O5S.